The van der Waals surface area contributed by atoms with Gasteiger partial charge in [0.25, 0.3) is 10.0 Å². The largest absolute Gasteiger partial charge is 0.480 e. The molecule has 12 nitrogen and oxygen atoms in total. The molecule has 0 aliphatic carbocycles. The Morgan fingerprint density at radius 3 is 2.54 bits per heavy atom. The fraction of sp³-hybridized carbons (Fsp3) is 0.154. The van der Waals surface area contributed by atoms with Crippen molar-refractivity contribution >= 4 is 27.9 Å². The summed E-state index contributed by atoms with van der Waals surface area (Å²) in [5.74, 6) is -1.44. The van der Waals surface area contributed by atoms with Gasteiger partial charge in [0.1, 0.15) is 4.90 Å². The maximum absolute atomic E-state index is 12.3. The molecule has 140 valence electrons. The Morgan fingerprint density at radius 1 is 1.27 bits per heavy atom. The first kappa shape index (κ1) is 19.0. The normalized spacial score (nSPS) is 14.3. The Kier molecular flexibility index (Phi) is 5.33. The molecule has 0 aromatic heterocycles. The molecule has 1 aromatic carbocycles. The number of carboxylic acid groups (broad SMARTS) is 1. The average Bonchev–Trinajstić information content (AvgIpc) is 2.58. The van der Waals surface area contributed by atoms with Crippen molar-refractivity contribution in [2.75, 3.05) is 7.11 Å². The molecule has 13 heteroatoms. The van der Waals surface area contributed by atoms with Gasteiger partial charge in [-0.3, -0.25) is 5.21 Å². The van der Waals surface area contributed by atoms with E-state index < -0.39 is 32.5 Å². The molecule has 26 heavy (non-hydrogen) atoms. The van der Waals surface area contributed by atoms with Crippen molar-refractivity contribution in [3.05, 3.63) is 41.6 Å². The fourth-order valence-corrected chi connectivity index (χ4v) is 2.99. The number of benzene rings is 1. The van der Waals surface area contributed by atoms with Crippen LogP contribution in [0.4, 0.5) is 4.79 Å². The predicted molar refractivity (Wildman–Crippen MR) is 85.9 cm³/mol. The number of nitrogens with zero attached hydrogens (tertiary/aromatic N) is 3. The highest BCUT2D eigenvalue weighted by atomic mass is 32.2. The summed E-state index contributed by atoms with van der Waals surface area (Å²) in [7, 11) is -3.19. The minimum absolute atomic E-state index is 0.0344. The molecule has 1 aliphatic heterocycles. The number of hydroxylamine groups is 1. The number of hydrogen-bond donors (Lipinski definition) is 4. The summed E-state index contributed by atoms with van der Waals surface area (Å²) >= 11 is 0. The number of ether oxygens (including phenoxy) is 1. The van der Waals surface area contributed by atoms with Gasteiger partial charge in [-0.05, 0) is 19.1 Å². The summed E-state index contributed by atoms with van der Waals surface area (Å²) in [4.78, 5) is 22.5. The van der Waals surface area contributed by atoms with Gasteiger partial charge in [0.2, 0.25) is 5.90 Å². The number of rotatable bonds is 4. The molecule has 0 saturated carbocycles. The number of hydrogen-bond acceptors (Lipinski definition) is 9. The zero-order valence-corrected chi connectivity index (χ0v) is 14.4. The minimum atomic E-state index is -4.50. The highest BCUT2D eigenvalue weighted by Crippen LogP contribution is 2.15. The second-order valence-corrected chi connectivity index (χ2v) is 6.51. The molecule has 1 aliphatic rings. The van der Waals surface area contributed by atoms with Crippen molar-refractivity contribution in [3.8, 4) is 0 Å². The van der Waals surface area contributed by atoms with E-state index in [1.807, 2.05) is 5.43 Å². The molecule has 0 bridgehead atoms. The summed E-state index contributed by atoms with van der Waals surface area (Å²) < 4.78 is 31.1. The van der Waals surface area contributed by atoms with Gasteiger partial charge in [-0.15, -0.1) is 5.17 Å². The molecule has 4 N–H and O–H groups in total. The number of hydrazone groups is 1. The van der Waals surface area contributed by atoms with Crippen molar-refractivity contribution in [3.63, 3.8) is 0 Å². The van der Waals surface area contributed by atoms with E-state index in [0.29, 0.717) is 10.4 Å². The van der Waals surface area contributed by atoms with E-state index in [4.69, 9.17) is 9.84 Å². The zero-order valence-electron chi connectivity index (χ0n) is 13.6. The summed E-state index contributed by atoms with van der Waals surface area (Å²) in [6.45, 7) is 1.47. The molecule has 0 fully saturated rings. The van der Waals surface area contributed by atoms with Crippen molar-refractivity contribution in [2.45, 2.75) is 11.8 Å². The molecular formula is C13H15N5O7S. The Morgan fingerprint density at radius 2 is 1.92 bits per heavy atom. The molecule has 1 heterocycles. The molecule has 1 aromatic rings. The maximum atomic E-state index is 12.3. The second-order valence-electron chi connectivity index (χ2n) is 4.85. The van der Waals surface area contributed by atoms with Gasteiger partial charge in [0, 0.05) is 6.08 Å². The smallest absolute Gasteiger partial charge is 0.350 e. The van der Waals surface area contributed by atoms with Crippen LogP contribution in [0.1, 0.15) is 17.3 Å². The summed E-state index contributed by atoms with van der Waals surface area (Å²) in [6.07, 6.45) is 1.36. The number of sulfonamides is 1. The van der Waals surface area contributed by atoms with E-state index >= 15 is 0 Å². The number of allylic oxidation sites excluding steroid dienone is 1. The predicted octanol–water partition coefficient (Wildman–Crippen LogP) is 0.0732. The monoisotopic (exact) mass is 385 g/mol. The van der Waals surface area contributed by atoms with Crippen LogP contribution in [0.3, 0.4) is 0 Å². The lowest BCUT2D eigenvalue weighted by atomic mass is 10.2. The van der Waals surface area contributed by atoms with Gasteiger partial charge < -0.3 is 9.84 Å². The van der Waals surface area contributed by atoms with Crippen LogP contribution in [0.25, 0.3) is 0 Å². The van der Waals surface area contributed by atoms with Crippen molar-refractivity contribution in [2.24, 2.45) is 5.10 Å². The van der Waals surface area contributed by atoms with E-state index in [0.717, 1.165) is 12.1 Å². The van der Waals surface area contributed by atoms with Gasteiger partial charge in [-0.2, -0.15) is 0 Å². The molecular weight excluding hydrogens is 370 g/mol. The second kappa shape index (κ2) is 7.28. The number of aromatic carboxylic acids is 1. The van der Waals surface area contributed by atoms with E-state index in [1.54, 1.807) is 4.72 Å². The summed E-state index contributed by atoms with van der Waals surface area (Å²) in [5, 5.41) is 23.5. The van der Waals surface area contributed by atoms with Crippen LogP contribution in [0.15, 0.2) is 46.0 Å². The number of hydrazine groups is 2. The van der Waals surface area contributed by atoms with Gasteiger partial charge >= 0.3 is 12.0 Å². The van der Waals surface area contributed by atoms with Crippen molar-refractivity contribution in [1.29, 1.82) is 0 Å². The minimum Gasteiger partial charge on any atom is -0.480 e. The number of carboxylic acids is 1. The van der Waals surface area contributed by atoms with E-state index in [9.17, 15) is 23.2 Å². The highest BCUT2D eigenvalue weighted by molar-refractivity contribution is 7.90. The van der Waals surface area contributed by atoms with Crippen LogP contribution in [-0.4, -0.2) is 54.1 Å². The van der Waals surface area contributed by atoms with E-state index in [1.165, 1.54) is 32.2 Å². The molecule has 0 unspecified atom stereocenters. The van der Waals surface area contributed by atoms with Gasteiger partial charge in [0.05, 0.1) is 18.4 Å². The van der Waals surface area contributed by atoms with Crippen LogP contribution in [0.2, 0.25) is 0 Å². The SMILES string of the molecule is COC1=NN(NC(=O)NS(=O)(=O)c2ccccc2C(=O)O)N(O)C(C)=C1. The fourth-order valence-electron chi connectivity index (χ4n) is 1.89. The third kappa shape index (κ3) is 4.01. The number of methoxy groups -OCH3 is 1. The third-order valence-electron chi connectivity index (χ3n) is 3.07. The Labute approximate surface area is 147 Å². The standard InChI is InChI=1S/C13H15N5O7S/c1-8-7-11(25-2)14-18(17(8)22)15-13(21)16-26(23,24)10-6-4-3-5-9(10)12(19)20/h3-7,22H,1-2H3,(H,19,20)(H2,15,16,21). The van der Waals surface area contributed by atoms with Crippen molar-refractivity contribution < 1.29 is 33.1 Å². The molecule has 0 spiro atoms. The molecule has 0 atom stereocenters. The molecule has 0 radical (unpaired) electrons. The molecule has 2 rings (SSSR count). The van der Waals surface area contributed by atoms with Crippen LogP contribution < -0.4 is 10.1 Å². The van der Waals surface area contributed by atoms with Gasteiger partial charge in [-0.25, -0.2) is 28.2 Å². The van der Waals surface area contributed by atoms with E-state index in [2.05, 4.69) is 5.10 Å². The van der Waals surface area contributed by atoms with E-state index in [-0.39, 0.29) is 11.6 Å². The quantitative estimate of drug-likeness (QED) is 0.562. The maximum Gasteiger partial charge on any atom is 0.350 e. The number of carbonyl (C=O) groups is 2. The zero-order chi connectivity index (χ0) is 19.5. The van der Waals surface area contributed by atoms with Crippen LogP contribution in [0.5, 0.6) is 0 Å². The number of carbonyl (C=O) groups excluding carboxylic acids is 1. The topological polar surface area (TPSA) is 161 Å². The lowest BCUT2D eigenvalue weighted by Crippen LogP contribution is -2.53. The number of nitrogens with one attached hydrogen (secondary N) is 2. The van der Waals surface area contributed by atoms with Gasteiger partial charge in [0.15, 0.2) is 0 Å². The Bertz CT molecular complexity index is 896. The van der Waals surface area contributed by atoms with Crippen molar-refractivity contribution in [1.82, 2.24) is 20.5 Å². The van der Waals surface area contributed by atoms with Crippen LogP contribution in [0, 0.1) is 0 Å². The first-order valence-electron chi connectivity index (χ1n) is 6.91. The highest BCUT2D eigenvalue weighted by Gasteiger charge is 2.26. The third-order valence-corrected chi connectivity index (χ3v) is 4.45. The first-order chi connectivity index (χ1) is 12.2. The Hall–Kier alpha value is -3.32. The average molecular weight is 385 g/mol. The first-order valence-corrected chi connectivity index (χ1v) is 8.39. The Balaban J connectivity index is 2.19. The van der Waals surface area contributed by atoms with Crippen LogP contribution >= 0.6 is 0 Å². The summed E-state index contributed by atoms with van der Waals surface area (Å²) in [6, 6.07) is 3.47. The lowest BCUT2D eigenvalue weighted by molar-refractivity contribution is -0.237. The van der Waals surface area contributed by atoms with Gasteiger partial charge in [-0.1, -0.05) is 22.5 Å². The van der Waals surface area contributed by atoms with Crippen LogP contribution in [-0.2, 0) is 14.8 Å². The summed E-state index contributed by atoms with van der Waals surface area (Å²) in [5.41, 5.74) is 1.67. The molecule has 2 amide bonds. The lowest BCUT2D eigenvalue weighted by Gasteiger charge is -2.30. The number of urea groups is 1. The molecule has 0 saturated heterocycles. The number of amides is 2.